The van der Waals surface area contributed by atoms with Crippen LogP contribution in [-0.2, 0) is 6.42 Å². The van der Waals surface area contributed by atoms with E-state index in [9.17, 15) is 4.39 Å². The maximum Gasteiger partial charge on any atom is 0.187 e. The van der Waals surface area contributed by atoms with E-state index in [0.717, 1.165) is 5.56 Å². The second-order valence-electron chi connectivity index (χ2n) is 3.84. The van der Waals surface area contributed by atoms with Gasteiger partial charge in [0.1, 0.15) is 5.82 Å². The highest BCUT2D eigenvalue weighted by atomic mass is 35.5. The molecule has 0 saturated heterocycles. The molecule has 1 aromatic heterocycles. The van der Waals surface area contributed by atoms with Crippen molar-refractivity contribution in [2.75, 3.05) is 5.43 Å². The first-order valence-corrected chi connectivity index (χ1v) is 5.72. The van der Waals surface area contributed by atoms with E-state index in [2.05, 4.69) is 15.4 Å². The fourth-order valence-corrected chi connectivity index (χ4v) is 1.70. The molecule has 0 radical (unpaired) electrons. The van der Waals surface area contributed by atoms with Crippen LogP contribution in [0.5, 0.6) is 0 Å². The molecule has 18 heavy (non-hydrogen) atoms. The number of hydrogen-bond acceptors (Lipinski definition) is 4. The van der Waals surface area contributed by atoms with E-state index in [1.54, 1.807) is 19.1 Å². The number of anilines is 1. The maximum atomic E-state index is 13.5. The van der Waals surface area contributed by atoms with Crippen molar-refractivity contribution in [1.29, 1.82) is 0 Å². The molecule has 2 aromatic rings. The Labute approximate surface area is 109 Å². The molecule has 0 aliphatic carbocycles. The highest BCUT2D eigenvalue weighted by Crippen LogP contribution is 2.16. The van der Waals surface area contributed by atoms with Crippen LogP contribution in [0.2, 0.25) is 5.02 Å². The lowest BCUT2D eigenvalue weighted by Gasteiger charge is -2.07. The normalized spacial score (nSPS) is 10.4. The van der Waals surface area contributed by atoms with Gasteiger partial charge in [-0.1, -0.05) is 23.7 Å². The van der Waals surface area contributed by atoms with Crippen LogP contribution in [0.3, 0.4) is 0 Å². The quantitative estimate of drug-likeness (QED) is 0.662. The monoisotopic (exact) mass is 266 g/mol. The molecule has 0 atom stereocenters. The lowest BCUT2D eigenvalue weighted by atomic mass is 10.1. The molecular weight excluding hydrogens is 255 g/mol. The van der Waals surface area contributed by atoms with Crippen molar-refractivity contribution in [2.45, 2.75) is 13.3 Å². The van der Waals surface area contributed by atoms with Gasteiger partial charge in [-0.25, -0.2) is 20.2 Å². The number of nitrogen functional groups attached to an aromatic ring is 1. The molecule has 4 nitrogen and oxygen atoms in total. The number of rotatable bonds is 3. The molecular formula is C12H12ClFN4. The number of nitrogens with one attached hydrogen (secondary N) is 1. The zero-order chi connectivity index (χ0) is 13.1. The van der Waals surface area contributed by atoms with Gasteiger partial charge in [-0.3, -0.25) is 0 Å². The highest BCUT2D eigenvalue weighted by Gasteiger charge is 2.10. The van der Waals surface area contributed by atoms with Crippen molar-refractivity contribution < 1.29 is 4.39 Å². The Balaban J connectivity index is 2.29. The van der Waals surface area contributed by atoms with Gasteiger partial charge in [-0.15, -0.1) is 0 Å². The lowest BCUT2D eigenvalue weighted by Crippen LogP contribution is -2.14. The third-order valence-electron chi connectivity index (χ3n) is 2.48. The summed E-state index contributed by atoms with van der Waals surface area (Å²) in [6.45, 7) is 1.57. The second-order valence-corrected chi connectivity index (χ2v) is 4.27. The van der Waals surface area contributed by atoms with E-state index in [1.807, 2.05) is 12.1 Å². The summed E-state index contributed by atoms with van der Waals surface area (Å²) < 4.78 is 13.5. The van der Waals surface area contributed by atoms with E-state index in [1.165, 1.54) is 0 Å². The van der Waals surface area contributed by atoms with Crippen molar-refractivity contribution in [1.82, 2.24) is 9.97 Å². The molecule has 0 unspecified atom stereocenters. The fourth-order valence-electron chi connectivity index (χ4n) is 1.58. The summed E-state index contributed by atoms with van der Waals surface area (Å²) >= 11 is 5.80. The number of aryl methyl sites for hydroxylation is 1. The molecule has 0 fully saturated rings. The number of nitrogens with zero attached hydrogens (tertiary/aromatic N) is 2. The van der Waals surface area contributed by atoms with Gasteiger partial charge in [-0.2, -0.15) is 0 Å². The van der Waals surface area contributed by atoms with Crippen LogP contribution in [0.4, 0.5) is 10.2 Å². The van der Waals surface area contributed by atoms with Crippen LogP contribution in [0, 0.1) is 12.7 Å². The van der Waals surface area contributed by atoms with Gasteiger partial charge >= 0.3 is 0 Å². The van der Waals surface area contributed by atoms with E-state index >= 15 is 0 Å². The molecule has 1 aromatic carbocycles. The summed E-state index contributed by atoms with van der Waals surface area (Å²) in [5, 5.41) is 0.666. The summed E-state index contributed by atoms with van der Waals surface area (Å²) in [5.41, 5.74) is 3.48. The summed E-state index contributed by atoms with van der Waals surface area (Å²) in [6.07, 6.45) is 0.493. The third-order valence-corrected chi connectivity index (χ3v) is 2.73. The molecule has 0 aliphatic rings. The largest absolute Gasteiger partial charge is 0.306 e. The van der Waals surface area contributed by atoms with E-state index < -0.39 is 5.82 Å². The highest BCUT2D eigenvalue weighted by molar-refractivity contribution is 6.30. The smallest absolute Gasteiger partial charge is 0.187 e. The molecule has 6 heteroatoms. The molecule has 0 bridgehead atoms. The van der Waals surface area contributed by atoms with Gasteiger partial charge in [-0.05, 0) is 24.6 Å². The predicted molar refractivity (Wildman–Crippen MR) is 68.8 cm³/mol. The average molecular weight is 267 g/mol. The SMILES string of the molecule is Cc1nc(Cc2ccc(Cl)cc2)nc(NN)c1F. The minimum atomic E-state index is -0.530. The van der Waals surface area contributed by atoms with Crippen LogP contribution < -0.4 is 11.3 Å². The fraction of sp³-hybridized carbons (Fsp3) is 0.167. The number of hydrogen-bond donors (Lipinski definition) is 2. The molecule has 0 amide bonds. The average Bonchev–Trinajstić information content (AvgIpc) is 2.36. The first-order valence-electron chi connectivity index (χ1n) is 5.34. The Morgan fingerprint density at radius 2 is 1.94 bits per heavy atom. The Morgan fingerprint density at radius 1 is 1.28 bits per heavy atom. The second kappa shape index (κ2) is 5.29. The number of nitrogens with two attached hydrogens (primary N) is 1. The zero-order valence-electron chi connectivity index (χ0n) is 9.74. The van der Waals surface area contributed by atoms with E-state index in [4.69, 9.17) is 17.4 Å². The first-order chi connectivity index (χ1) is 8.60. The molecule has 1 heterocycles. The standard InChI is InChI=1S/C12H12ClFN4/c1-7-11(14)12(18-15)17-10(16-7)6-8-2-4-9(13)5-3-8/h2-5H,6,15H2,1H3,(H,16,17,18). The lowest BCUT2D eigenvalue weighted by molar-refractivity contribution is 0.601. The molecule has 2 rings (SSSR count). The van der Waals surface area contributed by atoms with Gasteiger partial charge < -0.3 is 5.43 Å². The predicted octanol–water partition coefficient (Wildman–Crippen LogP) is 2.45. The number of halogens is 2. The maximum absolute atomic E-state index is 13.5. The third kappa shape index (κ3) is 2.75. The van der Waals surface area contributed by atoms with Crippen molar-refractivity contribution in [2.24, 2.45) is 5.84 Å². The van der Waals surface area contributed by atoms with Gasteiger partial charge in [0.2, 0.25) is 0 Å². The Bertz CT molecular complexity index is 557. The van der Waals surface area contributed by atoms with Crippen LogP contribution in [0.1, 0.15) is 17.1 Å². The van der Waals surface area contributed by atoms with Gasteiger partial charge in [0.15, 0.2) is 11.6 Å². The van der Waals surface area contributed by atoms with E-state index in [0.29, 0.717) is 17.3 Å². The van der Waals surface area contributed by atoms with Crippen LogP contribution in [-0.4, -0.2) is 9.97 Å². The summed E-state index contributed by atoms with van der Waals surface area (Å²) in [4.78, 5) is 8.10. The number of benzene rings is 1. The Kier molecular flexibility index (Phi) is 3.74. The van der Waals surface area contributed by atoms with Crippen molar-refractivity contribution in [3.8, 4) is 0 Å². The molecule has 0 spiro atoms. The van der Waals surface area contributed by atoms with Crippen LogP contribution >= 0.6 is 11.6 Å². The molecule has 0 saturated carbocycles. The Morgan fingerprint density at radius 3 is 2.56 bits per heavy atom. The van der Waals surface area contributed by atoms with Crippen molar-refractivity contribution >= 4 is 17.4 Å². The minimum absolute atomic E-state index is 0.00598. The Hall–Kier alpha value is -1.72. The molecule has 3 N–H and O–H groups in total. The molecule has 94 valence electrons. The summed E-state index contributed by atoms with van der Waals surface area (Å²) in [5.74, 6) is 5.18. The van der Waals surface area contributed by atoms with Crippen LogP contribution in [0.25, 0.3) is 0 Å². The zero-order valence-corrected chi connectivity index (χ0v) is 10.5. The van der Waals surface area contributed by atoms with E-state index in [-0.39, 0.29) is 11.5 Å². The number of aromatic nitrogens is 2. The number of hydrazine groups is 1. The topological polar surface area (TPSA) is 63.8 Å². The first kappa shape index (κ1) is 12.7. The van der Waals surface area contributed by atoms with Gasteiger partial charge in [0.05, 0.1) is 5.69 Å². The van der Waals surface area contributed by atoms with Crippen molar-refractivity contribution in [3.63, 3.8) is 0 Å². The van der Waals surface area contributed by atoms with Gasteiger partial charge in [0.25, 0.3) is 0 Å². The van der Waals surface area contributed by atoms with Crippen LogP contribution in [0.15, 0.2) is 24.3 Å². The minimum Gasteiger partial charge on any atom is -0.306 e. The van der Waals surface area contributed by atoms with Gasteiger partial charge in [0, 0.05) is 11.4 Å². The summed E-state index contributed by atoms with van der Waals surface area (Å²) in [7, 11) is 0. The molecule has 0 aliphatic heterocycles. The van der Waals surface area contributed by atoms with Crippen molar-refractivity contribution in [3.05, 3.63) is 52.2 Å². The summed E-state index contributed by atoms with van der Waals surface area (Å²) in [6, 6.07) is 7.32.